The lowest BCUT2D eigenvalue weighted by Crippen LogP contribution is -2.53. The van der Waals surface area contributed by atoms with Gasteiger partial charge in [0.15, 0.2) is 0 Å². The van der Waals surface area contributed by atoms with Crippen LogP contribution in [0.3, 0.4) is 0 Å². The van der Waals surface area contributed by atoms with Crippen LogP contribution in [0.5, 0.6) is 0 Å². The lowest BCUT2D eigenvalue weighted by Gasteiger charge is -2.45. The molecule has 3 saturated heterocycles. The van der Waals surface area contributed by atoms with Gasteiger partial charge in [-0.2, -0.15) is 0 Å². The number of piperidine rings is 3. The van der Waals surface area contributed by atoms with Crippen molar-refractivity contribution in [3.8, 4) is 0 Å². The number of hydrogen-bond acceptors (Lipinski definition) is 5. The molecular weight excluding hydrogens is 292 g/mol. The van der Waals surface area contributed by atoms with Crippen molar-refractivity contribution in [2.75, 3.05) is 25.0 Å². The third-order valence-corrected chi connectivity index (χ3v) is 5.58. The zero-order valence-corrected chi connectivity index (χ0v) is 13.0. The van der Waals surface area contributed by atoms with Gasteiger partial charge in [0.25, 0.3) is 0 Å². The third kappa shape index (κ3) is 2.18. The second kappa shape index (κ2) is 4.83. The fourth-order valence-corrected chi connectivity index (χ4v) is 4.53. The molecule has 0 radical (unpaired) electrons. The van der Waals surface area contributed by atoms with Crippen LogP contribution in [-0.2, 0) is 0 Å². The highest BCUT2D eigenvalue weighted by Gasteiger charge is 2.34. The smallest absolute Gasteiger partial charge is 0.225 e. The predicted molar refractivity (Wildman–Crippen MR) is 83.7 cm³/mol. The largest absolute Gasteiger partial charge is 0.365 e. The van der Waals surface area contributed by atoms with Crippen LogP contribution in [0.4, 0.5) is 5.82 Å². The van der Waals surface area contributed by atoms with Gasteiger partial charge in [-0.25, -0.2) is 9.97 Å². The van der Waals surface area contributed by atoms with Gasteiger partial charge in [-0.15, -0.1) is 11.3 Å². The van der Waals surface area contributed by atoms with Crippen LogP contribution in [0.25, 0.3) is 10.2 Å². The first-order valence-corrected chi connectivity index (χ1v) is 8.31. The fraction of sp³-hybridized carbons (Fsp3) is 0.571. The van der Waals surface area contributed by atoms with Crippen molar-refractivity contribution in [1.82, 2.24) is 14.9 Å². The van der Waals surface area contributed by atoms with Crippen LogP contribution in [0.15, 0.2) is 6.07 Å². The molecule has 6 heteroatoms. The summed E-state index contributed by atoms with van der Waals surface area (Å²) in [4.78, 5) is 13.5. The Hall–Kier alpha value is -0.910. The van der Waals surface area contributed by atoms with Gasteiger partial charge < -0.3 is 10.2 Å². The summed E-state index contributed by atoms with van der Waals surface area (Å²) in [6.45, 7) is 5.72. The SMILES string of the molecule is Cc1cc2c(NC3CN4CCC3CC4)nc(Cl)nc2s1. The number of anilines is 1. The van der Waals surface area contributed by atoms with Gasteiger partial charge in [-0.1, -0.05) is 0 Å². The van der Waals surface area contributed by atoms with Crippen LogP contribution in [0.1, 0.15) is 17.7 Å². The standard InChI is InChI=1S/C14H17ClN4S/c1-8-6-10-12(17-14(15)18-13(10)20-8)16-11-7-19-4-2-9(11)3-5-19/h6,9,11H,2-5,7H2,1H3,(H,16,17,18). The molecule has 2 aromatic heterocycles. The van der Waals surface area contributed by atoms with Gasteiger partial charge in [0.2, 0.25) is 5.28 Å². The molecule has 1 N–H and O–H groups in total. The highest BCUT2D eigenvalue weighted by molar-refractivity contribution is 7.18. The summed E-state index contributed by atoms with van der Waals surface area (Å²) >= 11 is 7.74. The molecule has 1 unspecified atom stereocenters. The van der Waals surface area contributed by atoms with Gasteiger partial charge in [0, 0.05) is 17.5 Å². The van der Waals surface area contributed by atoms with Crippen molar-refractivity contribution in [3.63, 3.8) is 0 Å². The van der Waals surface area contributed by atoms with Gasteiger partial charge in [-0.05, 0) is 56.4 Å². The van der Waals surface area contributed by atoms with Gasteiger partial charge >= 0.3 is 0 Å². The predicted octanol–water partition coefficient (Wildman–Crippen LogP) is 3.16. The van der Waals surface area contributed by atoms with Gasteiger partial charge in [0.05, 0.1) is 5.39 Å². The van der Waals surface area contributed by atoms with E-state index in [4.69, 9.17) is 11.6 Å². The minimum absolute atomic E-state index is 0.336. The molecular formula is C14H17ClN4S. The molecule has 3 aliphatic rings. The van der Waals surface area contributed by atoms with Crippen LogP contribution < -0.4 is 5.32 Å². The van der Waals surface area contributed by atoms with Crippen molar-refractivity contribution < 1.29 is 0 Å². The average Bonchev–Trinajstić information content (AvgIpc) is 2.80. The van der Waals surface area contributed by atoms with E-state index in [0.717, 1.165) is 28.5 Å². The summed E-state index contributed by atoms with van der Waals surface area (Å²) in [7, 11) is 0. The van der Waals surface area contributed by atoms with Crippen molar-refractivity contribution in [1.29, 1.82) is 0 Å². The Bertz CT molecular complexity index is 648. The van der Waals surface area contributed by atoms with Crippen LogP contribution in [0, 0.1) is 12.8 Å². The van der Waals surface area contributed by atoms with Crippen LogP contribution in [0.2, 0.25) is 5.28 Å². The molecule has 2 aromatic rings. The molecule has 1 atom stereocenters. The molecule has 0 amide bonds. The van der Waals surface area contributed by atoms with Gasteiger partial charge in [0.1, 0.15) is 10.6 Å². The van der Waals surface area contributed by atoms with E-state index in [1.807, 2.05) is 0 Å². The molecule has 5 heterocycles. The molecule has 0 saturated carbocycles. The minimum Gasteiger partial charge on any atom is -0.365 e. The van der Waals surface area contributed by atoms with Gasteiger partial charge in [-0.3, -0.25) is 0 Å². The Morgan fingerprint density at radius 1 is 1.35 bits per heavy atom. The number of halogens is 1. The van der Waals surface area contributed by atoms with E-state index >= 15 is 0 Å². The first kappa shape index (κ1) is 12.8. The Kier molecular flexibility index (Phi) is 3.09. The number of fused-ring (bicyclic) bond motifs is 4. The summed E-state index contributed by atoms with van der Waals surface area (Å²) in [6.07, 6.45) is 2.59. The summed E-state index contributed by atoms with van der Waals surface area (Å²) in [5, 5.41) is 5.08. The molecule has 4 nitrogen and oxygen atoms in total. The topological polar surface area (TPSA) is 41.0 Å². The van der Waals surface area contributed by atoms with Crippen LogP contribution >= 0.6 is 22.9 Å². The molecule has 0 spiro atoms. The summed E-state index contributed by atoms with van der Waals surface area (Å²) < 4.78 is 0. The molecule has 5 rings (SSSR count). The maximum absolute atomic E-state index is 6.06. The van der Waals surface area contributed by atoms with E-state index in [9.17, 15) is 0 Å². The summed E-state index contributed by atoms with van der Waals surface area (Å²) in [5.74, 6) is 1.67. The Morgan fingerprint density at radius 3 is 2.85 bits per heavy atom. The number of aryl methyl sites for hydroxylation is 1. The number of hydrogen-bond donors (Lipinski definition) is 1. The highest BCUT2D eigenvalue weighted by atomic mass is 35.5. The third-order valence-electron chi connectivity index (χ3n) is 4.47. The molecule has 3 fully saturated rings. The van der Waals surface area contributed by atoms with Crippen molar-refractivity contribution in [3.05, 3.63) is 16.2 Å². The highest BCUT2D eigenvalue weighted by Crippen LogP contribution is 2.33. The summed E-state index contributed by atoms with van der Waals surface area (Å²) in [6, 6.07) is 2.65. The van der Waals surface area contributed by atoms with E-state index in [-0.39, 0.29) is 0 Å². The average molecular weight is 309 g/mol. The van der Waals surface area contributed by atoms with Crippen molar-refractivity contribution in [2.45, 2.75) is 25.8 Å². The van der Waals surface area contributed by atoms with Crippen LogP contribution in [-0.4, -0.2) is 40.5 Å². The molecule has 20 heavy (non-hydrogen) atoms. The lowest BCUT2D eigenvalue weighted by molar-refractivity contribution is 0.0974. The van der Waals surface area contributed by atoms with E-state index in [2.05, 4.69) is 33.2 Å². The molecule has 0 aromatic carbocycles. The monoisotopic (exact) mass is 308 g/mol. The lowest BCUT2D eigenvalue weighted by atomic mass is 9.84. The Balaban J connectivity index is 1.68. The number of rotatable bonds is 2. The van der Waals surface area contributed by atoms with Crippen molar-refractivity contribution >= 4 is 39.0 Å². The summed E-state index contributed by atoms with van der Waals surface area (Å²) in [5.41, 5.74) is 0. The van der Waals surface area contributed by atoms with E-state index in [1.54, 1.807) is 11.3 Å². The molecule has 0 aliphatic carbocycles. The number of thiophene rings is 1. The second-order valence-electron chi connectivity index (χ2n) is 5.81. The maximum atomic E-state index is 6.06. The number of nitrogens with one attached hydrogen (secondary N) is 1. The maximum Gasteiger partial charge on any atom is 0.225 e. The zero-order valence-electron chi connectivity index (χ0n) is 11.4. The molecule has 106 valence electrons. The quantitative estimate of drug-likeness (QED) is 0.865. The van der Waals surface area contributed by atoms with E-state index < -0.39 is 0 Å². The minimum atomic E-state index is 0.336. The fourth-order valence-electron chi connectivity index (χ4n) is 3.43. The van der Waals surface area contributed by atoms with Crippen molar-refractivity contribution in [2.24, 2.45) is 5.92 Å². The Morgan fingerprint density at radius 2 is 2.15 bits per heavy atom. The van der Waals surface area contributed by atoms with E-state index in [0.29, 0.717) is 11.3 Å². The zero-order chi connectivity index (χ0) is 13.7. The Labute approximate surface area is 127 Å². The number of nitrogens with zero attached hydrogens (tertiary/aromatic N) is 3. The van der Waals surface area contributed by atoms with E-state index in [1.165, 1.54) is 30.8 Å². The molecule has 2 bridgehead atoms. The first-order valence-electron chi connectivity index (χ1n) is 7.11. The molecule has 3 aliphatic heterocycles. The first-order chi connectivity index (χ1) is 9.69. The normalized spacial score (nSPS) is 29.0. The second-order valence-corrected chi connectivity index (χ2v) is 7.38. The number of aromatic nitrogens is 2.